The molecule has 6 heteroatoms. The molecule has 1 aliphatic rings. The van der Waals surface area contributed by atoms with Crippen molar-refractivity contribution in [2.24, 2.45) is 0 Å². The quantitative estimate of drug-likeness (QED) is 0.759. The average Bonchev–Trinajstić information content (AvgIpc) is 2.68. The molecule has 0 saturated carbocycles. The maximum atomic E-state index is 13.8. The standard InChI is InChI=1S/C21H23FN2O3/c1-23(12-17-9-5-6-10-18(17)22)14-20(25)24-13-16-8-4-3-7-15(16)11-19(24)21(26)27-2/h3-10,19H,11-14H2,1-2H3/t19-/m1/s1. The first-order valence-corrected chi connectivity index (χ1v) is 8.85. The molecule has 2 aromatic carbocycles. The lowest BCUT2D eigenvalue weighted by Gasteiger charge is -2.36. The van der Waals surface area contributed by atoms with Crippen LogP contribution in [0.2, 0.25) is 0 Å². The van der Waals surface area contributed by atoms with Gasteiger partial charge in [-0.3, -0.25) is 9.69 Å². The van der Waals surface area contributed by atoms with Gasteiger partial charge in [0.05, 0.1) is 13.7 Å². The highest BCUT2D eigenvalue weighted by molar-refractivity contribution is 5.86. The number of hydrogen-bond acceptors (Lipinski definition) is 4. The van der Waals surface area contributed by atoms with Crippen molar-refractivity contribution in [2.45, 2.75) is 25.6 Å². The Hall–Kier alpha value is -2.73. The average molecular weight is 370 g/mol. The van der Waals surface area contributed by atoms with E-state index in [9.17, 15) is 14.0 Å². The lowest BCUT2D eigenvalue weighted by atomic mass is 9.94. The zero-order valence-electron chi connectivity index (χ0n) is 15.5. The van der Waals surface area contributed by atoms with Gasteiger partial charge < -0.3 is 9.64 Å². The monoisotopic (exact) mass is 370 g/mol. The number of esters is 1. The van der Waals surface area contributed by atoms with Gasteiger partial charge >= 0.3 is 5.97 Å². The third kappa shape index (κ3) is 4.34. The molecule has 2 aromatic rings. The van der Waals surface area contributed by atoms with Crippen LogP contribution in [0.15, 0.2) is 48.5 Å². The highest BCUT2D eigenvalue weighted by atomic mass is 19.1. The fraction of sp³-hybridized carbons (Fsp3) is 0.333. The van der Waals surface area contributed by atoms with Gasteiger partial charge in [-0.15, -0.1) is 0 Å². The van der Waals surface area contributed by atoms with Gasteiger partial charge in [-0.1, -0.05) is 42.5 Å². The lowest BCUT2D eigenvalue weighted by Crippen LogP contribution is -2.51. The first-order valence-electron chi connectivity index (χ1n) is 8.85. The molecule has 0 aliphatic carbocycles. The molecule has 1 aliphatic heterocycles. The van der Waals surface area contributed by atoms with Gasteiger partial charge in [0.2, 0.25) is 5.91 Å². The number of carbonyl (C=O) groups excluding carboxylic acids is 2. The van der Waals surface area contributed by atoms with Gasteiger partial charge in [-0.25, -0.2) is 9.18 Å². The van der Waals surface area contributed by atoms with Crippen LogP contribution in [-0.2, 0) is 33.8 Å². The van der Waals surface area contributed by atoms with Crippen molar-refractivity contribution in [2.75, 3.05) is 20.7 Å². The summed E-state index contributed by atoms with van der Waals surface area (Å²) >= 11 is 0. The Morgan fingerprint density at radius 2 is 1.81 bits per heavy atom. The van der Waals surface area contributed by atoms with Crippen LogP contribution in [0.5, 0.6) is 0 Å². The number of amides is 1. The van der Waals surface area contributed by atoms with E-state index in [1.807, 2.05) is 24.3 Å². The third-order valence-corrected chi connectivity index (χ3v) is 4.85. The predicted molar refractivity (Wildman–Crippen MR) is 99.2 cm³/mol. The van der Waals surface area contributed by atoms with Gasteiger partial charge in [-0.05, 0) is 24.2 Å². The largest absolute Gasteiger partial charge is 0.467 e. The number of benzene rings is 2. The van der Waals surface area contributed by atoms with E-state index < -0.39 is 12.0 Å². The van der Waals surface area contributed by atoms with Gasteiger partial charge in [0.25, 0.3) is 0 Å². The van der Waals surface area contributed by atoms with Crippen LogP contribution < -0.4 is 0 Å². The lowest BCUT2D eigenvalue weighted by molar-refractivity contribution is -0.154. The summed E-state index contributed by atoms with van der Waals surface area (Å²) in [7, 11) is 3.09. The summed E-state index contributed by atoms with van der Waals surface area (Å²) in [4.78, 5) is 28.4. The number of nitrogens with zero attached hydrogens (tertiary/aromatic N) is 2. The Morgan fingerprint density at radius 3 is 2.52 bits per heavy atom. The van der Waals surface area contributed by atoms with E-state index in [0.29, 0.717) is 25.1 Å². The second kappa shape index (κ2) is 8.31. The summed E-state index contributed by atoms with van der Waals surface area (Å²) in [6.45, 7) is 0.762. The maximum Gasteiger partial charge on any atom is 0.328 e. The van der Waals surface area contributed by atoms with Crippen molar-refractivity contribution in [3.05, 3.63) is 71.0 Å². The Labute approximate surface area is 158 Å². The summed E-state index contributed by atoms with van der Waals surface area (Å²) < 4.78 is 18.7. The summed E-state index contributed by atoms with van der Waals surface area (Å²) in [5.74, 6) is -0.899. The molecule has 5 nitrogen and oxygen atoms in total. The van der Waals surface area contributed by atoms with Crippen LogP contribution in [0.4, 0.5) is 4.39 Å². The smallest absolute Gasteiger partial charge is 0.328 e. The van der Waals surface area contributed by atoms with E-state index in [1.165, 1.54) is 13.2 Å². The van der Waals surface area contributed by atoms with E-state index >= 15 is 0 Å². The van der Waals surface area contributed by atoms with Crippen LogP contribution in [0.1, 0.15) is 16.7 Å². The molecule has 0 bridgehead atoms. The molecular weight excluding hydrogens is 347 g/mol. The summed E-state index contributed by atoms with van der Waals surface area (Å²) in [5, 5.41) is 0. The van der Waals surface area contributed by atoms with Crippen LogP contribution in [0.3, 0.4) is 0 Å². The second-order valence-corrected chi connectivity index (χ2v) is 6.80. The number of fused-ring (bicyclic) bond motifs is 1. The molecular formula is C21H23FN2O3. The molecule has 0 aromatic heterocycles. The Bertz CT molecular complexity index is 840. The Kier molecular flexibility index (Phi) is 5.86. The van der Waals surface area contributed by atoms with Crippen molar-refractivity contribution in [1.82, 2.24) is 9.80 Å². The highest BCUT2D eigenvalue weighted by Crippen LogP contribution is 2.24. The molecule has 27 heavy (non-hydrogen) atoms. The fourth-order valence-electron chi connectivity index (χ4n) is 3.43. The molecule has 142 valence electrons. The second-order valence-electron chi connectivity index (χ2n) is 6.80. The molecule has 3 rings (SSSR count). The van der Waals surface area contributed by atoms with Crippen molar-refractivity contribution in [1.29, 1.82) is 0 Å². The number of rotatable bonds is 5. The minimum absolute atomic E-state index is 0.0873. The van der Waals surface area contributed by atoms with Crippen molar-refractivity contribution in [3.63, 3.8) is 0 Å². The summed E-state index contributed by atoms with van der Waals surface area (Å²) in [6.07, 6.45) is 0.436. The normalized spacial score (nSPS) is 16.1. The predicted octanol–water partition coefficient (Wildman–Crippen LogP) is 2.38. The molecule has 0 spiro atoms. The first-order chi connectivity index (χ1) is 13.0. The Morgan fingerprint density at radius 1 is 1.15 bits per heavy atom. The van der Waals surface area contributed by atoms with E-state index in [2.05, 4.69) is 0 Å². The Balaban J connectivity index is 1.73. The molecule has 1 heterocycles. The summed E-state index contributed by atoms with van der Waals surface area (Å²) in [6, 6.07) is 13.6. The van der Waals surface area contributed by atoms with E-state index in [0.717, 1.165) is 11.1 Å². The molecule has 0 radical (unpaired) electrons. The number of likely N-dealkylation sites (N-methyl/N-ethyl adjacent to an activating group) is 1. The molecule has 1 atom stereocenters. The fourth-order valence-corrected chi connectivity index (χ4v) is 3.43. The van der Waals surface area contributed by atoms with Crippen LogP contribution >= 0.6 is 0 Å². The maximum absolute atomic E-state index is 13.8. The van der Waals surface area contributed by atoms with E-state index in [1.54, 1.807) is 35.0 Å². The van der Waals surface area contributed by atoms with Gasteiger partial charge in [0.15, 0.2) is 0 Å². The summed E-state index contributed by atoms with van der Waals surface area (Å²) in [5.41, 5.74) is 2.61. The first kappa shape index (κ1) is 19.0. The van der Waals surface area contributed by atoms with Crippen LogP contribution in [0, 0.1) is 5.82 Å². The van der Waals surface area contributed by atoms with Crippen LogP contribution in [0.25, 0.3) is 0 Å². The zero-order chi connectivity index (χ0) is 19.4. The van der Waals surface area contributed by atoms with E-state index in [-0.39, 0.29) is 18.3 Å². The SMILES string of the molecule is COC(=O)[C@H]1Cc2ccccc2CN1C(=O)CN(C)Cc1ccccc1F. The minimum Gasteiger partial charge on any atom is -0.467 e. The molecule has 1 amide bonds. The molecule has 0 unspecified atom stereocenters. The molecule has 0 saturated heterocycles. The van der Waals surface area contributed by atoms with E-state index in [4.69, 9.17) is 4.74 Å². The number of hydrogen-bond donors (Lipinski definition) is 0. The molecule has 0 N–H and O–H groups in total. The third-order valence-electron chi connectivity index (χ3n) is 4.85. The van der Waals surface area contributed by atoms with Gasteiger partial charge in [0.1, 0.15) is 11.9 Å². The minimum atomic E-state index is -0.640. The van der Waals surface area contributed by atoms with Gasteiger partial charge in [-0.2, -0.15) is 0 Å². The van der Waals surface area contributed by atoms with Crippen molar-refractivity contribution >= 4 is 11.9 Å². The number of halogens is 1. The van der Waals surface area contributed by atoms with Crippen molar-refractivity contribution in [3.8, 4) is 0 Å². The number of ether oxygens (including phenoxy) is 1. The number of methoxy groups -OCH3 is 1. The van der Waals surface area contributed by atoms with Crippen LogP contribution in [-0.4, -0.2) is 48.4 Å². The number of carbonyl (C=O) groups is 2. The van der Waals surface area contributed by atoms with Gasteiger partial charge in [0, 0.05) is 25.1 Å². The molecule has 0 fully saturated rings. The van der Waals surface area contributed by atoms with Crippen molar-refractivity contribution < 1.29 is 18.7 Å². The highest BCUT2D eigenvalue weighted by Gasteiger charge is 2.35. The topological polar surface area (TPSA) is 49.9 Å². The zero-order valence-corrected chi connectivity index (χ0v) is 15.5.